The standard InChI is InChI=1S/C16H31NO6S/c1-3-5-7-9-11-13(14(17)18)16(15(19)20,24(21,22)23)12-10-8-6-4-2/h13H,3-12H2,1-2H3,(H2,17,18)(H,19,20)(H,21,22,23). The van der Waals surface area contributed by atoms with E-state index in [0.29, 0.717) is 19.3 Å². The van der Waals surface area contributed by atoms with E-state index in [2.05, 4.69) is 0 Å². The number of hydrogen-bond donors (Lipinski definition) is 3. The highest BCUT2D eigenvalue weighted by molar-refractivity contribution is 7.88. The molecule has 2 atom stereocenters. The molecule has 0 spiro atoms. The molecule has 8 heteroatoms. The second-order valence-corrected chi connectivity index (χ2v) is 7.96. The Morgan fingerprint density at radius 1 is 1.00 bits per heavy atom. The SMILES string of the molecule is CCCCCCC(C(N)=O)C(CCCCCC)(C(=O)O)S(=O)(=O)O. The lowest BCUT2D eigenvalue weighted by molar-refractivity contribution is -0.145. The second kappa shape index (κ2) is 10.7. The van der Waals surface area contributed by atoms with E-state index in [1.165, 1.54) is 0 Å². The molecule has 0 saturated heterocycles. The molecule has 24 heavy (non-hydrogen) atoms. The molecular weight excluding hydrogens is 334 g/mol. The molecule has 0 saturated carbocycles. The lowest BCUT2D eigenvalue weighted by Crippen LogP contribution is -2.56. The van der Waals surface area contributed by atoms with Crippen molar-refractivity contribution < 1.29 is 27.7 Å². The van der Waals surface area contributed by atoms with Crippen LogP contribution < -0.4 is 5.73 Å². The predicted octanol–water partition coefficient (Wildman–Crippen LogP) is 2.74. The Morgan fingerprint density at radius 3 is 1.88 bits per heavy atom. The largest absolute Gasteiger partial charge is 0.480 e. The zero-order valence-corrected chi connectivity index (χ0v) is 15.5. The van der Waals surface area contributed by atoms with Gasteiger partial charge in [0.05, 0.1) is 5.92 Å². The monoisotopic (exact) mass is 365 g/mol. The van der Waals surface area contributed by atoms with Gasteiger partial charge in [0, 0.05) is 0 Å². The van der Waals surface area contributed by atoms with Crippen molar-refractivity contribution in [2.24, 2.45) is 11.7 Å². The highest BCUT2D eigenvalue weighted by Crippen LogP contribution is 2.36. The van der Waals surface area contributed by atoms with Crippen LogP contribution in [0, 0.1) is 5.92 Å². The molecule has 0 aliphatic rings. The summed E-state index contributed by atoms with van der Waals surface area (Å²) in [6.45, 7) is 3.96. The topological polar surface area (TPSA) is 135 Å². The third-order valence-electron chi connectivity index (χ3n) is 4.48. The molecule has 0 aromatic rings. The minimum absolute atomic E-state index is 0.0369. The summed E-state index contributed by atoms with van der Waals surface area (Å²) in [4.78, 5) is 23.7. The number of rotatable bonds is 14. The molecule has 7 nitrogen and oxygen atoms in total. The van der Waals surface area contributed by atoms with Crippen molar-refractivity contribution >= 4 is 22.0 Å². The maximum Gasteiger partial charge on any atom is 0.328 e. The third-order valence-corrected chi connectivity index (χ3v) is 6.06. The lowest BCUT2D eigenvalue weighted by Gasteiger charge is -2.32. The summed E-state index contributed by atoms with van der Waals surface area (Å²) in [6, 6.07) is 0. The summed E-state index contributed by atoms with van der Waals surface area (Å²) in [6.07, 6.45) is 5.42. The summed E-state index contributed by atoms with van der Waals surface area (Å²) in [5, 5.41) is 9.59. The van der Waals surface area contributed by atoms with Crippen LogP contribution in [-0.2, 0) is 19.7 Å². The van der Waals surface area contributed by atoms with Crippen LogP contribution in [0.25, 0.3) is 0 Å². The molecule has 0 heterocycles. The van der Waals surface area contributed by atoms with Crippen LogP contribution in [0.5, 0.6) is 0 Å². The van der Waals surface area contributed by atoms with Gasteiger partial charge in [-0.3, -0.25) is 14.1 Å². The van der Waals surface area contributed by atoms with Crippen LogP contribution in [0.3, 0.4) is 0 Å². The van der Waals surface area contributed by atoms with Crippen molar-refractivity contribution in [2.45, 2.75) is 82.8 Å². The van der Waals surface area contributed by atoms with Gasteiger partial charge in [0.15, 0.2) is 0 Å². The van der Waals surface area contributed by atoms with Gasteiger partial charge in [-0.2, -0.15) is 8.42 Å². The van der Waals surface area contributed by atoms with Crippen molar-refractivity contribution in [1.82, 2.24) is 0 Å². The Balaban J connectivity index is 5.57. The number of hydrogen-bond acceptors (Lipinski definition) is 4. The maximum absolute atomic E-state index is 12.0. The first kappa shape index (κ1) is 22.9. The minimum Gasteiger partial charge on any atom is -0.480 e. The molecule has 0 bridgehead atoms. The van der Waals surface area contributed by atoms with E-state index in [1.54, 1.807) is 0 Å². The molecule has 0 rings (SSSR count). The first-order valence-corrected chi connectivity index (χ1v) is 10.1. The summed E-state index contributed by atoms with van der Waals surface area (Å²) in [5.41, 5.74) is 5.32. The Bertz CT molecular complexity index is 505. The molecule has 4 N–H and O–H groups in total. The van der Waals surface area contributed by atoms with Crippen molar-refractivity contribution in [3.05, 3.63) is 0 Å². The predicted molar refractivity (Wildman–Crippen MR) is 92.1 cm³/mol. The average molecular weight is 365 g/mol. The van der Waals surface area contributed by atoms with E-state index >= 15 is 0 Å². The van der Waals surface area contributed by atoms with Gasteiger partial charge in [0.1, 0.15) is 0 Å². The molecule has 142 valence electrons. The fraction of sp³-hybridized carbons (Fsp3) is 0.875. The molecule has 0 aliphatic heterocycles. The second-order valence-electron chi connectivity index (χ2n) is 6.28. The van der Waals surface area contributed by atoms with E-state index in [9.17, 15) is 27.7 Å². The van der Waals surface area contributed by atoms with Gasteiger partial charge in [0.25, 0.3) is 10.1 Å². The Labute approximate surface area is 144 Å². The van der Waals surface area contributed by atoms with Gasteiger partial charge in [-0.1, -0.05) is 65.2 Å². The van der Waals surface area contributed by atoms with Gasteiger partial charge >= 0.3 is 5.97 Å². The maximum atomic E-state index is 12.0. The Morgan fingerprint density at radius 2 is 1.50 bits per heavy atom. The van der Waals surface area contributed by atoms with Gasteiger partial charge in [-0.25, -0.2) is 0 Å². The summed E-state index contributed by atoms with van der Waals surface area (Å²) < 4.78 is 31.0. The number of aliphatic carboxylic acids is 1. The van der Waals surface area contributed by atoms with E-state index in [1.807, 2.05) is 13.8 Å². The zero-order valence-electron chi connectivity index (χ0n) is 14.7. The van der Waals surface area contributed by atoms with Crippen molar-refractivity contribution in [3.8, 4) is 0 Å². The molecule has 0 aliphatic carbocycles. The quantitative estimate of drug-likeness (QED) is 0.320. The number of primary amides is 1. The molecular formula is C16H31NO6S. The molecule has 1 amide bonds. The van der Waals surface area contributed by atoms with Crippen molar-refractivity contribution in [1.29, 1.82) is 0 Å². The number of carboxylic acids is 1. The number of carbonyl (C=O) groups is 2. The third kappa shape index (κ3) is 6.05. The highest BCUT2D eigenvalue weighted by Gasteiger charge is 2.57. The van der Waals surface area contributed by atoms with Crippen LogP contribution >= 0.6 is 0 Å². The summed E-state index contributed by atoms with van der Waals surface area (Å²) in [5.74, 6) is -4.15. The highest BCUT2D eigenvalue weighted by atomic mass is 32.2. The Hall–Kier alpha value is -1.15. The molecule has 0 aromatic heterocycles. The zero-order chi connectivity index (χ0) is 18.8. The summed E-state index contributed by atoms with van der Waals surface area (Å²) >= 11 is 0. The minimum atomic E-state index is -5.00. The fourth-order valence-electron chi connectivity index (χ4n) is 3.04. The van der Waals surface area contributed by atoms with Crippen molar-refractivity contribution in [3.63, 3.8) is 0 Å². The van der Waals surface area contributed by atoms with E-state index in [4.69, 9.17) is 5.73 Å². The van der Waals surface area contributed by atoms with Crippen LogP contribution in [0.2, 0.25) is 0 Å². The van der Waals surface area contributed by atoms with Gasteiger partial charge < -0.3 is 10.8 Å². The molecule has 2 unspecified atom stereocenters. The van der Waals surface area contributed by atoms with Crippen LogP contribution in [0.1, 0.15) is 78.1 Å². The van der Waals surface area contributed by atoms with Gasteiger partial charge in [-0.15, -0.1) is 0 Å². The van der Waals surface area contributed by atoms with Crippen molar-refractivity contribution in [2.75, 3.05) is 0 Å². The van der Waals surface area contributed by atoms with Crippen LogP contribution in [0.4, 0.5) is 0 Å². The van der Waals surface area contributed by atoms with Gasteiger partial charge in [0.2, 0.25) is 10.7 Å². The average Bonchev–Trinajstić information content (AvgIpc) is 2.46. The van der Waals surface area contributed by atoms with E-state index in [0.717, 1.165) is 32.1 Å². The Kier molecular flexibility index (Phi) is 10.1. The fourth-order valence-corrected chi connectivity index (χ4v) is 4.26. The number of nitrogens with two attached hydrogens (primary N) is 1. The van der Waals surface area contributed by atoms with E-state index in [-0.39, 0.29) is 12.8 Å². The lowest BCUT2D eigenvalue weighted by atomic mass is 9.82. The molecule has 0 radical (unpaired) electrons. The first-order chi connectivity index (χ1) is 11.1. The normalized spacial score (nSPS) is 15.6. The van der Waals surface area contributed by atoms with Crippen LogP contribution in [0.15, 0.2) is 0 Å². The van der Waals surface area contributed by atoms with E-state index < -0.39 is 32.7 Å². The molecule has 0 aromatic carbocycles. The van der Waals surface area contributed by atoms with Crippen LogP contribution in [-0.4, -0.2) is 34.7 Å². The number of carbonyl (C=O) groups excluding carboxylic acids is 1. The molecule has 0 fully saturated rings. The summed E-state index contributed by atoms with van der Waals surface area (Å²) in [7, 11) is -5.00. The first-order valence-electron chi connectivity index (χ1n) is 8.64. The number of amides is 1. The number of unbranched alkanes of at least 4 members (excludes halogenated alkanes) is 6. The van der Waals surface area contributed by atoms with Gasteiger partial charge in [-0.05, 0) is 12.8 Å². The smallest absolute Gasteiger partial charge is 0.328 e. The number of carboxylic acid groups (broad SMARTS) is 1.